The molecule has 0 radical (unpaired) electrons. The predicted octanol–water partition coefficient (Wildman–Crippen LogP) is 3.16. The second kappa shape index (κ2) is 4.56. The van der Waals surface area contributed by atoms with Crippen molar-refractivity contribution in [2.75, 3.05) is 0 Å². The van der Waals surface area contributed by atoms with Gasteiger partial charge in [-0.1, -0.05) is 30.3 Å². The van der Waals surface area contributed by atoms with E-state index in [9.17, 15) is 0 Å². The van der Waals surface area contributed by atoms with Crippen LogP contribution in [0.5, 0.6) is 0 Å². The van der Waals surface area contributed by atoms with Gasteiger partial charge >= 0.3 is 0 Å². The Kier molecular flexibility index (Phi) is 3.31. The fourth-order valence-electron chi connectivity index (χ4n) is 2.14. The van der Waals surface area contributed by atoms with Gasteiger partial charge in [0.05, 0.1) is 12.2 Å². The summed E-state index contributed by atoms with van der Waals surface area (Å²) in [5, 5.41) is 0. The minimum Gasteiger partial charge on any atom is -0.345 e. The van der Waals surface area contributed by atoms with Gasteiger partial charge in [-0.25, -0.2) is 0 Å². The van der Waals surface area contributed by atoms with Gasteiger partial charge in [0.2, 0.25) is 0 Å². The molecule has 1 aromatic carbocycles. The molecule has 0 aromatic heterocycles. The summed E-state index contributed by atoms with van der Waals surface area (Å²) >= 11 is 0. The van der Waals surface area contributed by atoms with E-state index >= 15 is 0 Å². The molecule has 16 heavy (non-hydrogen) atoms. The summed E-state index contributed by atoms with van der Waals surface area (Å²) < 4.78 is 11.7. The number of aryl methyl sites for hydroxylation is 1. The zero-order valence-corrected chi connectivity index (χ0v) is 10.3. The largest absolute Gasteiger partial charge is 0.345 e. The SMILES string of the molecule is C[C@@H]1OC(C)(CCc2ccccc2)O[C@H]1C. The van der Waals surface area contributed by atoms with E-state index in [2.05, 4.69) is 38.1 Å². The zero-order valence-electron chi connectivity index (χ0n) is 10.3. The molecule has 0 spiro atoms. The van der Waals surface area contributed by atoms with Crippen molar-refractivity contribution >= 4 is 0 Å². The Labute approximate surface area is 97.6 Å². The first-order valence-corrected chi connectivity index (χ1v) is 5.99. The van der Waals surface area contributed by atoms with Crippen LogP contribution in [0, 0.1) is 0 Å². The maximum Gasteiger partial charge on any atom is 0.166 e. The molecular formula is C14H20O2. The number of hydrogen-bond donors (Lipinski definition) is 0. The summed E-state index contributed by atoms with van der Waals surface area (Å²) in [4.78, 5) is 0. The monoisotopic (exact) mass is 220 g/mol. The summed E-state index contributed by atoms with van der Waals surface area (Å²) in [6.45, 7) is 6.17. The van der Waals surface area contributed by atoms with E-state index in [1.807, 2.05) is 13.0 Å². The predicted molar refractivity (Wildman–Crippen MR) is 64.3 cm³/mol. The number of ether oxygens (including phenoxy) is 2. The standard InChI is InChI=1S/C14H20O2/c1-11-12(2)16-14(3,15-11)10-9-13-7-5-4-6-8-13/h4-8,11-12H,9-10H2,1-3H3/t11-,12-/m0/s1. The maximum absolute atomic E-state index is 5.86. The number of hydrogen-bond acceptors (Lipinski definition) is 2. The molecule has 0 bridgehead atoms. The van der Waals surface area contributed by atoms with Gasteiger partial charge in [0.25, 0.3) is 0 Å². The summed E-state index contributed by atoms with van der Waals surface area (Å²) in [5.41, 5.74) is 1.34. The summed E-state index contributed by atoms with van der Waals surface area (Å²) in [6, 6.07) is 10.5. The first-order valence-electron chi connectivity index (χ1n) is 5.99. The third-order valence-electron chi connectivity index (χ3n) is 3.24. The van der Waals surface area contributed by atoms with Crippen LogP contribution in [-0.2, 0) is 15.9 Å². The summed E-state index contributed by atoms with van der Waals surface area (Å²) in [7, 11) is 0. The highest BCUT2D eigenvalue weighted by Crippen LogP contribution is 2.31. The number of rotatable bonds is 3. The summed E-state index contributed by atoms with van der Waals surface area (Å²) in [5.74, 6) is -0.408. The minimum atomic E-state index is -0.408. The smallest absolute Gasteiger partial charge is 0.166 e. The van der Waals surface area contributed by atoms with Gasteiger partial charge in [-0.3, -0.25) is 0 Å². The minimum absolute atomic E-state index is 0.195. The van der Waals surface area contributed by atoms with Crippen LogP contribution >= 0.6 is 0 Å². The van der Waals surface area contributed by atoms with E-state index in [1.54, 1.807) is 0 Å². The maximum atomic E-state index is 5.86. The molecule has 0 N–H and O–H groups in total. The highest BCUT2D eigenvalue weighted by Gasteiger charge is 2.39. The Balaban J connectivity index is 1.91. The third kappa shape index (κ3) is 2.63. The van der Waals surface area contributed by atoms with E-state index in [0.717, 1.165) is 12.8 Å². The zero-order chi connectivity index (χ0) is 11.6. The second-order valence-electron chi connectivity index (χ2n) is 4.77. The molecule has 1 fully saturated rings. The van der Waals surface area contributed by atoms with Crippen LogP contribution in [0.3, 0.4) is 0 Å². The number of benzene rings is 1. The quantitative estimate of drug-likeness (QED) is 0.779. The Morgan fingerprint density at radius 2 is 1.62 bits per heavy atom. The molecule has 88 valence electrons. The molecule has 0 unspecified atom stereocenters. The molecule has 2 heteroatoms. The van der Waals surface area contributed by atoms with Crippen molar-refractivity contribution in [3.8, 4) is 0 Å². The molecule has 1 aliphatic rings. The highest BCUT2D eigenvalue weighted by molar-refractivity contribution is 5.14. The lowest BCUT2D eigenvalue weighted by molar-refractivity contribution is -0.162. The van der Waals surface area contributed by atoms with Crippen LogP contribution in [0.25, 0.3) is 0 Å². The third-order valence-corrected chi connectivity index (χ3v) is 3.24. The van der Waals surface area contributed by atoms with E-state index < -0.39 is 5.79 Å². The summed E-state index contributed by atoms with van der Waals surface area (Å²) in [6.07, 6.45) is 2.30. The van der Waals surface area contributed by atoms with Crippen molar-refractivity contribution in [2.45, 2.75) is 51.6 Å². The van der Waals surface area contributed by atoms with Crippen molar-refractivity contribution in [2.24, 2.45) is 0 Å². The van der Waals surface area contributed by atoms with Crippen LogP contribution in [0.1, 0.15) is 32.8 Å². The second-order valence-corrected chi connectivity index (χ2v) is 4.77. The topological polar surface area (TPSA) is 18.5 Å². The molecule has 0 aliphatic carbocycles. The van der Waals surface area contributed by atoms with Gasteiger partial charge in [-0.15, -0.1) is 0 Å². The van der Waals surface area contributed by atoms with Crippen LogP contribution in [0.2, 0.25) is 0 Å². The molecule has 1 heterocycles. The molecule has 1 aliphatic heterocycles. The van der Waals surface area contributed by atoms with Gasteiger partial charge in [0, 0.05) is 6.42 Å². The van der Waals surface area contributed by atoms with Crippen molar-refractivity contribution in [1.82, 2.24) is 0 Å². The van der Waals surface area contributed by atoms with Crippen molar-refractivity contribution in [3.63, 3.8) is 0 Å². The van der Waals surface area contributed by atoms with Crippen molar-refractivity contribution < 1.29 is 9.47 Å². The Morgan fingerprint density at radius 3 is 2.19 bits per heavy atom. The first-order chi connectivity index (χ1) is 7.59. The molecule has 2 rings (SSSR count). The molecule has 0 amide bonds. The van der Waals surface area contributed by atoms with Gasteiger partial charge < -0.3 is 9.47 Å². The van der Waals surface area contributed by atoms with Crippen molar-refractivity contribution in [3.05, 3.63) is 35.9 Å². The molecular weight excluding hydrogens is 200 g/mol. The Bertz CT molecular complexity index is 324. The lowest BCUT2D eigenvalue weighted by atomic mass is 10.1. The average molecular weight is 220 g/mol. The molecule has 2 nitrogen and oxygen atoms in total. The van der Waals surface area contributed by atoms with Crippen LogP contribution in [0.15, 0.2) is 30.3 Å². The van der Waals surface area contributed by atoms with Crippen LogP contribution in [-0.4, -0.2) is 18.0 Å². The van der Waals surface area contributed by atoms with E-state index in [0.29, 0.717) is 0 Å². The molecule has 2 atom stereocenters. The Morgan fingerprint density at radius 1 is 1.06 bits per heavy atom. The average Bonchev–Trinajstić information content (AvgIpc) is 2.53. The Hall–Kier alpha value is -0.860. The fraction of sp³-hybridized carbons (Fsp3) is 0.571. The molecule has 0 saturated carbocycles. The normalized spacial score (nSPS) is 28.2. The lowest BCUT2D eigenvalue weighted by Crippen LogP contribution is -2.27. The van der Waals surface area contributed by atoms with Gasteiger partial charge in [-0.05, 0) is 32.8 Å². The van der Waals surface area contributed by atoms with E-state index in [-0.39, 0.29) is 12.2 Å². The van der Waals surface area contributed by atoms with Gasteiger partial charge in [0.15, 0.2) is 5.79 Å². The first kappa shape index (κ1) is 11.6. The molecule has 1 aromatic rings. The van der Waals surface area contributed by atoms with Gasteiger partial charge in [0.1, 0.15) is 0 Å². The molecule has 1 saturated heterocycles. The van der Waals surface area contributed by atoms with E-state index in [4.69, 9.17) is 9.47 Å². The highest BCUT2D eigenvalue weighted by atomic mass is 16.7. The fourth-order valence-corrected chi connectivity index (χ4v) is 2.14. The van der Waals surface area contributed by atoms with E-state index in [1.165, 1.54) is 5.56 Å². The van der Waals surface area contributed by atoms with Crippen LogP contribution in [0.4, 0.5) is 0 Å². The van der Waals surface area contributed by atoms with Crippen LogP contribution < -0.4 is 0 Å². The van der Waals surface area contributed by atoms with Crippen molar-refractivity contribution in [1.29, 1.82) is 0 Å². The lowest BCUT2D eigenvalue weighted by Gasteiger charge is -2.23. The van der Waals surface area contributed by atoms with Gasteiger partial charge in [-0.2, -0.15) is 0 Å².